The van der Waals surface area contributed by atoms with Crippen molar-refractivity contribution < 1.29 is 0 Å². The Morgan fingerprint density at radius 3 is 2.95 bits per heavy atom. The monoisotopic (exact) mass is 259 g/mol. The molecule has 0 radical (unpaired) electrons. The van der Waals surface area contributed by atoms with E-state index >= 15 is 0 Å². The molecular weight excluding hydrogens is 238 g/mol. The van der Waals surface area contributed by atoms with Gasteiger partial charge in [-0.3, -0.25) is 0 Å². The van der Waals surface area contributed by atoms with Crippen molar-refractivity contribution in [3.8, 4) is 0 Å². The van der Waals surface area contributed by atoms with E-state index in [0.717, 1.165) is 30.1 Å². The summed E-state index contributed by atoms with van der Waals surface area (Å²) in [5.74, 6) is 1.65. The minimum atomic E-state index is 0.638. The summed E-state index contributed by atoms with van der Waals surface area (Å²) in [5.41, 5.74) is 8.67. The Balaban J connectivity index is 1.92. The molecule has 0 atom stereocenters. The fourth-order valence-electron chi connectivity index (χ4n) is 2.47. The highest BCUT2D eigenvalue weighted by Gasteiger charge is 2.23. The average molecular weight is 259 g/mol. The lowest BCUT2D eigenvalue weighted by Crippen LogP contribution is -2.12. The second-order valence-corrected chi connectivity index (χ2v) is 5.32. The quantitative estimate of drug-likeness (QED) is 0.807. The van der Waals surface area contributed by atoms with Crippen molar-refractivity contribution in [2.45, 2.75) is 38.5 Å². The molecule has 0 aromatic carbocycles. The van der Waals surface area contributed by atoms with Crippen molar-refractivity contribution >= 4 is 11.5 Å². The predicted octanol–water partition coefficient (Wildman–Crippen LogP) is 2.07. The second kappa shape index (κ2) is 5.17. The fraction of sp³-hybridized carbons (Fsp3) is 0.571. The maximum Gasteiger partial charge on any atom is 0.157 e. The lowest BCUT2D eigenvalue weighted by Gasteiger charge is -2.22. The van der Waals surface area contributed by atoms with Crippen molar-refractivity contribution in [2.75, 3.05) is 18.4 Å². The summed E-state index contributed by atoms with van der Waals surface area (Å²) in [6.45, 7) is 3.59. The second-order valence-electron chi connectivity index (χ2n) is 5.32. The molecule has 3 rings (SSSR count). The van der Waals surface area contributed by atoms with Gasteiger partial charge in [0.05, 0.1) is 5.69 Å². The molecule has 2 aromatic rings. The molecule has 0 aliphatic heterocycles. The van der Waals surface area contributed by atoms with E-state index in [1.54, 1.807) is 0 Å². The first-order chi connectivity index (χ1) is 9.28. The number of hydrogen-bond donors (Lipinski definition) is 2. The molecule has 0 bridgehead atoms. The SMILES string of the molecule is Cc1cc(NCCCN)n2nc(C3CCC3)cc2n1. The number of rotatable bonds is 5. The Bertz CT molecular complexity index is 570. The normalized spacial score (nSPS) is 15.7. The van der Waals surface area contributed by atoms with Crippen molar-refractivity contribution in [1.29, 1.82) is 0 Å². The molecule has 19 heavy (non-hydrogen) atoms. The van der Waals surface area contributed by atoms with Gasteiger partial charge in [-0.25, -0.2) is 4.98 Å². The maximum absolute atomic E-state index is 5.53. The van der Waals surface area contributed by atoms with Crippen molar-refractivity contribution in [2.24, 2.45) is 5.73 Å². The first-order valence-corrected chi connectivity index (χ1v) is 7.09. The van der Waals surface area contributed by atoms with Crippen molar-refractivity contribution in [1.82, 2.24) is 14.6 Å². The zero-order valence-electron chi connectivity index (χ0n) is 11.4. The lowest BCUT2D eigenvalue weighted by atomic mass is 9.83. The van der Waals surface area contributed by atoms with Crippen LogP contribution in [-0.4, -0.2) is 27.7 Å². The zero-order chi connectivity index (χ0) is 13.2. The summed E-state index contributed by atoms with van der Waals surface area (Å²) in [6.07, 6.45) is 4.81. The minimum Gasteiger partial charge on any atom is -0.370 e. The van der Waals surface area contributed by atoms with Gasteiger partial charge >= 0.3 is 0 Å². The molecule has 5 heteroatoms. The van der Waals surface area contributed by atoms with Gasteiger partial charge in [0, 0.05) is 30.3 Å². The van der Waals surface area contributed by atoms with Gasteiger partial charge in [-0.2, -0.15) is 9.61 Å². The number of fused-ring (bicyclic) bond motifs is 1. The molecule has 1 aliphatic rings. The van der Waals surface area contributed by atoms with Crippen LogP contribution in [0.5, 0.6) is 0 Å². The van der Waals surface area contributed by atoms with Crippen LogP contribution < -0.4 is 11.1 Å². The molecule has 5 nitrogen and oxygen atoms in total. The third-order valence-corrected chi connectivity index (χ3v) is 3.78. The molecule has 0 unspecified atom stereocenters. The summed E-state index contributed by atoms with van der Waals surface area (Å²) in [5, 5.41) is 8.11. The van der Waals surface area contributed by atoms with Crippen LogP contribution in [0.4, 0.5) is 5.82 Å². The minimum absolute atomic E-state index is 0.638. The van der Waals surface area contributed by atoms with E-state index in [2.05, 4.69) is 16.4 Å². The average Bonchev–Trinajstić information content (AvgIpc) is 2.70. The number of nitrogens with one attached hydrogen (secondary N) is 1. The van der Waals surface area contributed by atoms with Gasteiger partial charge in [-0.05, 0) is 32.7 Å². The van der Waals surface area contributed by atoms with E-state index in [9.17, 15) is 0 Å². The van der Waals surface area contributed by atoms with Gasteiger partial charge in [-0.15, -0.1) is 0 Å². The molecule has 1 saturated carbocycles. The first kappa shape index (κ1) is 12.4. The summed E-state index contributed by atoms with van der Waals surface area (Å²) in [7, 11) is 0. The van der Waals surface area contributed by atoms with Crippen LogP contribution in [-0.2, 0) is 0 Å². The Kier molecular flexibility index (Phi) is 3.38. The first-order valence-electron chi connectivity index (χ1n) is 7.09. The van der Waals surface area contributed by atoms with Crippen molar-refractivity contribution in [3.63, 3.8) is 0 Å². The summed E-state index contributed by atoms with van der Waals surface area (Å²) in [6, 6.07) is 4.17. The van der Waals surface area contributed by atoms with Gasteiger partial charge in [0.1, 0.15) is 5.82 Å². The maximum atomic E-state index is 5.53. The molecule has 1 aliphatic carbocycles. The Hall–Kier alpha value is -1.62. The molecule has 3 N–H and O–H groups in total. The Morgan fingerprint density at radius 1 is 1.42 bits per heavy atom. The van der Waals surface area contributed by atoms with E-state index < -0.39 is 0 Å². The largest absolute Gasteiger partial charge is 0.370 e. The Labute approximate surface area is 113 Å². The topological polar surface area (TPSA) is 68.2 Å². The van der Waals surface area contributed by atoms with Crippen LogP contribution in [0.15, 0.2) is 12.1 Å². The predicted molar refractivity (Wildman–Crippen MR) is 76.5 cm³/mol. The van der Waals surface area contributed by atoms with E-state index in [1.807, 2.05) is 17.5 Å². The number of nitrogens with two attached hydrogens (primary N) is 1. The third kappa shape index (κ3) is 2.42. The van der Waals surface area contributed by atoms with Crippen LogP contribution in [0.1, 0.15) is 43.0 Å². The third-order valence-electron chi connectivity index (χ3n) is 3.78. The number of aryl methyl sites for hydroxylation is 1. The highest BCUT2D eigenvalue weighted by atomic mass is 15.3. The Morgan fingerprint density at radius 2 is 2.26 bits per heavy atom. The van der Waals surface area contributed by atoms with Gasteiger partial charge < -0.3 is 11.1 Å². The summed E-state index contributed by atoms with van der Waals surface area (Å²) < 4.78 is 1.93. The highest BCUT2D eigenvalue weighted by molar-refractivity contribution is 5.51. The molecule has 2 aromatic heterocycles. The molecule has 1 fully saturated rings. The smallest absolute Gasteiger partial charge is 0.157 e. The molecule has 102 valence electrons. The van der Waals surface area contributed by atoms with Gasteiger partial charge in [0.15, 0.2) is 5.65 Å². The summed E-state index contributed by atoms with van der Waals surface area (Å²) in [4.78, 5) is 4.56. The molecule has 0 saturated heterocycles. The van der Waals surface area contributed by atoms with Crippen LogP contribution in [0.2, 0.25) is 0 Å². The molecule has 0 amide bonds. The van der Waals surface area contributed by atoms with Crippen LogP contribution in [0.3, 0.4) is 0 Å². The van der Waals surface area contributed by atoms with Crippen LogP contribution >= 0.6 is 0 Å². The zero-order valence-corrected chi connectivity index (χ0v) is 11.4. The van der Waals surface area contributed by atoms with E-state index in [4.69, 9.17) is 10.8 Å². The van der Waals surface area contributed by atoms with Gasteiger partial charge in [0.2, 0.25) is 0 Å². The van der Waals surface area contributed by atoms with Crippen LogP contribution in [0, 0.1) is 6.92 Å². The van der Waals surface area contributed by atoms with E-state index in [-0.39, 0.29) is 0 Å². The molecular formula is C14H21N5. The fourth-order valence-corrected chi connectivity index (χ4v) is 2.47. The number of hydrogen-bond acceptors (Lipinski definition) is 4. The van der Waals surface area contributed by atoms with Gasteiger partial charge in [0.25, 0.3) is 0 Å². The molecule has 0 spiro atoms. The number of aromatic nitrogens is 3. The van der Waals surface area contributed by atoms with Crippen molar-refractivity contribution in [3.05, 3.63) is 23.5 Å². The van der Waals surface area contributed by atoms with Crippen LogP contribution in [0.25, 0.3) is 5.65 Å². The molecule has 2 heterocycles. The number of anilines is 1. The highest BCUT2D eigenvalue weighted by Crippen LogP contribution is 2.36. The standard InChI is InChI=1S/C14H21N5/c1-10-8-13(16-7-3-6-15)19-14(17-10)9-12(18-19)11-4-2-5-11/h8-9,11,16H,2-7,15H2,1H3. The summed E-state index contributed by atoms with van der Waals surface area (Å²) >= 11 is 0. The van der Waals surface area contributed by atoms with E-state index in [1.165, 1.54) is 25.0 Å². The number of nitrogens with zero attached hydrogens (tertiary/aromatic N) is 3. The lowest BCUT2D eigenvalue weighted by molar-refractivity contribution is 0.410. The van der Waals surface area contributed by atoms with Gasteiger partial charge in [-0.1, -0.05) is 6.42 Å². The van der Waals surface area contributed by atoms with E-state index in [0.29, 0.717) is 12.5 Å².